The topological polar surface area (TPSA) is 68.2 Å². The van der Waals surface area contributed by atoms with Crippen molar-refractivity contribution < 1.29 is 37.9 Å². The molecule has 0 aromatic heterocycles. The molecular weight excluding hydrogens is 329 g/mol. The third-order valence-electron chi connectivity index (χ3n) is 5.85. The highest BCUT2D eigenvalue weighted by atomic mass is 19.4. The molecule has 1 saturated carbocycles. The van der Waals surface area contributed by atoms with Crippen LogP contribution < -0.4 is 0 Å². The van der Waals surface area contributed by atoms with Crippen LogP contribution in [0.25, 0.3) is 0 Å². The van der Waals surface area contributed by atoms with Crippen molar-refractivity contribution in [2.45, 2.75) is 63.7 Å². The molecule has 1 saturated heterocycles. The molecule has 2 aliphatic heterocycles. The quantitative estimate of drug-likeness (QED) is 0.590. The molecule has 0 amide bonds. The van der Waals surface area contributed by atoms with Gasteiger partial charge in [0.25, 0.3) is 0 Å². The van der Waals surface area contributed by atoms with Crippen LogP contribution in [0.15, 0.2) is 11.3 Å². The first-order valence-electron chi connectivity index (χ1n) is 8.31. The van der Waals surface area contributed by atoms with Gasteiger partial charge in [-0.2, -0.15) is 13.2 Å². The highest BCUT2D eigenvalue weighted by Gasteiger charge is 2.65. The summed E-state index contributed by atoms with van der Waals surface area (Å²) in [5.41, 5.74) is -1.68. The largest absolute Gasteiger partial charge is 0.456 e. The zero-order valence-electron chi connectivity index (χ0n) is 13.7. The van der Waals surface area contributed by atoms with E-state index >= 15 is 0 Å². The Morgan fingerprint density at radius 3 is 2.50 bits per heavy atom. The first-order chi connectivity index (χ1) is 11.3. The summed E-state index contributed by atoms with van der Waals surface area (Å²) in [5, 5.41) is 19.4. The number of halogens is 3. The predicted octanol–water partition coefficient (Wildman–Crippen LogP) is 3.24. The lowest BCUT2D eigenvalue weighted by atomic mass is 9.59. The molecule has 6 atom stereocenters. The molecule has 1 aliphatic carbocycles. The van der Waals surface area contributed by atoms with Crippen LogP contribution >= 0.6 is 0 Å². The smallest absolute Gasteiger partial charge is 0.449 e. The van der Waals surface area contributed by atoms with Crippen LogP contribution in [0.3, 0.4) is 0 Å². The fourth-order valence-electron chi connectivity index (χ4n) is 4.72. The standard InChI is InChI=1S/C16H23F3O5/c1-8-3-5-12-10(7-20)13(16(17,18)19)23-14-15(12,24-21)11(8)6-4-9(2)22-14/h8-9,11-12,14,20-21H,3-7H2,1-2H3/t8-,9+,11?,12+,14+,15?/m1/s1. The summed E-state index contributed by atoms with van der Waals surface area (Å²) < 4.78 is 51.1. The van der Waals surface area contributed by atoms with Gasteiger partial charge in [0.15, 0.2) is 5.60 Å². The van der Waals surface area contributed by atoms with Crippen molar-refractivity contribution in [1.82, 2.24) is 0 Å². The van der Waals surface area contributed by atoms with E-state index in [2.05, 4.69) is 0 Å². The maximum atomic E-state index is 13.4. The van der Waals surface area contributed by atoms with Crippen LogP contribution in [0.2, 0.25) is 0 Å². The minimum absolute atomic E-state index is 0.140. The van der Waals surface area contributed by atoms with Crippen LogP contribution in [-0.2, 0) is 14.4 Å². The third-order valence-corrected chi connectivity index (χ3v) is 5.85. The maximum absolute atomic E-state index is 13.4. The molecule has 0 spiro atoms. The van der Waals surface area contributed by atoms with Gasteiger partial charge >= 0.3 is 6.18 Å². The van der Waals surface area contributed by atoms with Gasteiger partial charge in [0, 0.05) is 17.4 Å². The molecule has 2 fully saturated rings. The van der Waals surface area contributed by atoms with Crippen LogP contribution in [0, 0.1) is 17.8 Å². The Kier molecular flexibility index (Phi) is 4.61. The number of ether oxygens (including phenoxy) is 2. The molecule has 2 unspecified atom stereocenters. The number of aliphatic hydroxyl groups is 1. The van der Waals surface area contributed by atoms with Gasteiger partial charge in [-0.1, -0.05) is 6.92 Å². The fourth-order valence-corrected chi connectivity index (χ4v) is 4.72. The number of aliphatic hydroxyl groups excluding tert-OH is 1. The summed E-state index contributed by atoms with van der Waals surface area (Å²) in [5.74, 6) is -2.09. The summed E-state index contributed by atoms with van der Waals surface area (Å²) in [6, 6.07) is 0. The van der Waals surface area contributed by atoms with Crippen molar-refractivity contribution in [1.29, 1.82) is 0 Å². The Labute approximate surface area is 138 Å². The summed E-state index contributed by atoms with van der Waals surface area (Å²) in [7, 11) is 0. The van der Waals surface area contributed by atoms with Gasteiger partial charge in [-0.15, -0.1) is 0 Å². The Balaban J connectivity index is 2.17. The first kappa shape index (κ1) is 18.0. The zero-order chi connectivity index (χ0) is 17.7. The number of rotatable bonds is 2. The Morgan fingerprint density at radius 2 is 1.92 bits per heavy atom. The molecule has 2 N–H and O–H groups in total. The van der Waals surface area contributed by atoms with E-state index in [0.29, 0.717) is 25.7 Å². The monoisotopic (exact) mass is 352 g/mol. The van der Waals surface area contributed by atoms with E-state index in [1.807, 2.05) is 6.92 Å². The second-order valence-electron chi connectivity index (χ2n) is 7.14. The van der Waals surface area contributed by atoms with Crippen LogP contribution in [0.4, 0.5) is 13.2 Å². The van der Waals surface area contributed by atoms with Gasteiger partial charge in [0.2, 0.25) is 12.0 Å². The molecule has 5 nitrogen and oxygen atoms in total. The molecule has 8 heteroatoms. The van der Waals surface area contributed by atoms with Gasteiger partial charge in [0.05, 0.1) is 12.7 Å². The summed E-state index contributed by atoms with van der Waals surface area (Å²) >= 11 is 0. The van der Waals surface area contributed by atoms with Gasteiger partial charge in [0.1, 0.15) is 0 Å². The fraction of sp³-hybridized carbons (Fsp3) is 0.875. The van der Waals surface area contributed by atoms with Gasteiger partial charge in [-0.25, -0.2) is 4.89 Å². The molecule has 3 rings (SSSR count). The molecule has 3 aliphatic rings. The number of hydrogen-bond acceptors (Lipinski definition) is 5. The molecule has 24 heavy (non-hydrogen) atoms. The molecule has 138 valence electrons. The molecule has 2 heterocycles. The highest BCUT2D eigenvalue weighted by molar-refractivity contribution is 5.27. The van der Waals surface area contributed by atoms with Crippen molar-refractivity contribution in [3.63, 3.8) is 0 Å². The SMILES string of the molecule is C[C@@H]1CC[C@H]2C(CO)=C(C(F)(F)F)O[C@@H]3O[C@@H](C)CCC1C32OO. The van der Waals surface area contributed by atoms with E-state index in [0.717, 1.165) is 0 Å². The van der Waals surface area contributed by atoms with Crippen LogP contribution in [0.5, 0.6) is 0 Å². The average Bonchev–Trinajstić information content (AvgIpc) is 2.66. The van der Waals surface area contributed by atoms with E-state index < -0.39 is 36.4 Å². The Hall–Kier alpha value is -0.830. The average molecular weight is 352 g/mol. The minimum atomic E-state index is -4.74. The van der Waals surface area contributed by atoms with Gasteiger partial charge in [-0.3, -0.25) is 5.26 Å². The van der Waals surface area contributed by atoms with Crippen LogP contribution in [-0.4, -0.2) is 41.1 Å². The number of allylic oxidation sites excluding steroid dienone is 1. The Morgan fingerprint density at radius 1 is 1.21 bits per heavy atom. The van der Waals surface area contributed by atoms with E-state index in [1.54, 1.807) is 6.92 Å². The van der Waals surface area contributed by atoms with Crippen molar-refractivity contribution in [2.24, 2.45) is 17.8 Å². The van der Waals surface area contributed by atoms with E-state index in [-0.39, 0.29) is 23.5 Å². The van der Waals surface area contributed by atoms with E-state index in [4.69, 9.17) is 14.4 Å². The molecule has 0 bridgehead atoms. The lowest BCUT2D eigenvalue weighted by Crippen LogP contribution is -2.64. The molecule has 0 aromatic rings. The van der Waals surface area contributed by atoms with E-state index in [1.165, 1.54) is 0 Å². The van der Waals surface area contributed by atoms with Gasteiger partial charge < -0.3 is 14.6 Å². The predicted molar refractivity (Wildman–Crippen MR) is 76.6 cm³/mol. The summed E-state index contributed by atoms with van der Waals surface area (Å²) in [6.07, 6.45) is -4.06. The maximum Gasteiger partial charge on any atom is 0.449 e. The highest BCUT2D eigenvalue weighted by Crippen LogP contribution is 2.57. The van der Waals surface area contributed by atoms with Crippen molar-refractivity contribution in [2.75, 3.05) is 6.61 Å². The van der Waals surface area contributed by atoms with Crippen LogP contribution in [0.1, 0.15) is 39.5 Å². The van der Waals surface area contributed by atoms with Crippen molar-refractivity contribution in [3.05, 3.63) is 11.3 Å². The zero-order valence-corrected chi connectivity index (χ0v) is 13.7. The molecule has 0 aromatic carbocycles. The lowest BCUT2D eigenvalue weighted by Gasteiger charge is -2.54. The minimum Gasteiger partial charge on any atom is -0.456 e. The molecule has 0 radical (unpaired) electrons. The molecular formula is C16H23F3O5. The third kappa shape index (κ3) is 2.55. The van der Waals surface area contributed by atoms with Gasteiger partial charge in [-0.05, 0) is 38.5 Å². The van der Waals surface area contributed by atoms with E-state index in [9.17, 15) is 23.5 Å². The normalized spacial score (nSPS) is 43.0. The number of alkyl halides is 3. The lowest BCUT2D eigenvalue weighted by molar-refractivity contribution is -0.420. The Bertz CT molecular complexity index is 520. The van der Waals surface area contributed by atoms with Crippen molar-refractivity contribution >= 4 is 0 Å². The summed E-state index contributed by atoms with van der Waals surface area (Å²) in [6.45, 7) is 2.97. The second-order valence-corrected chi connectivity index (χ2v) is 7.14. The number of hydrogen-bond donors (Lipinski definition) is 2. The summed E-state index contributed by atoms with van der Waals surface area (Å²) in [4.78, 5) is 4.88. The first-order valence-corrected chi connectivity index (χ1v) is 8.31. The van der Waals surface area contributed by atoms with Crippen molar-refractivity contribution in [3.8, 4) is 0 Å². The second kappa shape index (κ2) is 6.16.